The van der Waals surface area contributed by atoms with Gasteiger partial charge in [-0.15, -0.1) is 0 Å². The fourth-order valence-corrected chi connectivity index (χ4v) is 4.52. The van der Waals surface area contributed by atoms with Crippen LogP contribution < -0.4 is 5.32 Å². The molecule has 38 heavy (non-hydrogen) atoms. The van der Waals surface area contributed by atoms with E-state index in [1.807, 2.05) is 48.5 Å². The third-order valence-corrected chi connectivity index (χ3v) is 6.33. The third-order valence-electron chi connectivity index (χ3n) is 6.33. The molecular formula is C32H30N4O2. The molecule has 0 bridgehead atoms. The van der Waals surface area contributed by atoms with E-state index in [9.17, 15) is 9.90 Å². The van der Waals surface area contributed by atoms with Crippen LogP contribution in [0.1, 0.15) is 35.3 Å². The summed E-state index contributed by atoms with van der Waals surface area (Å²) in [7, 11) is 0. The van der Waals surface area contributed by atoms with Gasteiger partial charge >= 0.3 is 0 Å². The van der Waals surface area contributed by atoms with Crippen molar-refractivity contribution in [3.8, 4) is 16.9 Å². The summed E-state index contributed by atoms with van der Waals surface area (Å²) >= 11 is 0. The highest BCUT2D eigenvalue weighted by molar-refractivity contribution is 5.97. The van der Waals surface area contributed by atoms with Crippen LogP contribution in [0.5, 0.6) is 5.75 Å². The Bertz CT molecular complexity index is 1570. The zero-order valence-electron chi connectivity index (χ0n) is 21.5. The van der Waals surface area contributed by atoms with Crippen LogP contribution in [0.3, 0.4) is 0 Å². The number of benzene rings is 4. The molecule has 4 aromatic carbocycles. The van der Waals surface area contributed by atoms with Crippen molar-refractivity contribution in [1.29, 1.82) is 0 Å². The Morgan fingerprint density at radius 2 is 1.53 bits per heavy atom. The van der Waals surface area contributed by atoms with Crippen molar-refractivity contribution < 1.29 is 9.90 Å². The number of phenolic OH excluding ortho intramolecular Hbond substituents is 1. The molecule has 1 amide bonds. The van der Waals surface area contributed by atoms with Crippen molar-refractivity contribution in [2.24, 2.45) is 0 Å². The van der Waals surface area contributed by atoms with Gasteiger partial charge in [-0.25, -0.2) is 9.97 Å². The number of hydrogen-bond donors (Lipinski definition) is 2. The number of para-hydroxylation sites is 1. The molecule has 0 atom stereocenters. The second-order valence-corrected chi connectivity index (χ2v) is 9.62. The monoisotopic (exact) mass is 502 g/mol. The molecule has 0 radical (unpaired) electrons. The Hall–Kier alpha value is -4.71. The summed E-state index contributed by atoms with van der Waals surface area (Å²) in [5.74, 6) is 0.573. The average Bonchev–Trinajstić information content (AvgIpc) is 2.93. The summed E-state index contributed by atoms with van der Waals surface area (Å²) in [5, 5.41) is 14.7. The average molecular weight is 503 g/mol. The molecule has 0 unspecified atom stereocenters. The molecule has 6 nitrogen and oxygen atoms in total. The Morgan fingerprint density at radius 1 is 0.816 bits per heavy atom. The lowest BCUT2D eigenvalue weighted by molar-refractivity contribution is 0.0727. The Kier molecular flexibility index (Phi) is 7.31. The molecule has 0 saturated carbocycles. The third kappa shape index (κ3) is 5.65. The lowest BCUT2D eigenvalue weighted by Crippen LogP contribution is -2.30. The number of amides is 1. The topological polar surface area (TPSA) is 78.4 Å². The van der Waals surface area contributed by atoms with E-state index in [0.717, 1.165) is 39.0 Å². The van der Waals surface area contributed by atoms with Crippen LogP contribution in [-0.4, -0.2) is 31.9 Å². The number of carbonyl (C=O) groups is 1. The zero-order valence-corrected chi connectivity index (χ0v) is 21.5. The van der Waals surface area contributed by atoms with Crippen molar-refractivity contribution in [3.63, 3.8) is 0 Å². The Labute approximate surface area is 222 Å². The Balaban J connectivity index is 1.47. The summed E-state index contributed by atoms with van der Waals surface area (Å²) in [5.41, 5.74) is 5.27. The van der Waals surface area contributed by atoms with Gasteiger partial charge in [-0.3, -0.25) is 4.79 Å². The number of phenols is 1. The lowest BCUT2D eigenvalue weighted by Gasteiger charge is -2.24. The molecule has 1 aromatic heterocycles. The van der Waals surface area contributed by atoms with Gasteiger partial charge in [0.05, 0.1) is 11.1 Å². The molecular weight excluding hydrogens is 472 g/mol. The summed E-state index contributed by atoms with van der Waals surface area (Å²) in [4.78, 5) is 24.2. The van der Waals surface area contributed by atoms with Crippen LogP contribution in [0, 0.1) is 0 Å². The second kappa shape index (κ2) is 11.1. The smallest absolute Gasteiger partial charge is 0.258 e. The summed E-state index contributed by atoms with van der Waals surface area (Å²) < 4.78 is 0. The zero-order chi connectivity index (χ0) is 26.5. The van der Waals surface area contributed by atoms with E-state index in [4.69, 9.17) is 0 Å². The lowest BCUT2D eigenvalue weighted by atomic mass is 10.0. The molecule has 5 aromatic rings. The fourth-order valence-electron chi connectivity index (χ4n) is 4.52. The highest BCUT2D eigenvalue weighted by Gasteiger charge is 2.20. The van der Waals surface area contributed by atoms with Gasteiger partial charge in [-0.2, -0.15) is 0 Å². The first-order valence-corrected chi connectivity index (χ1v) is 12.7. The van der Waals surface area contributed by atoms with Gasteiger partial charge in [0.2, 0.25) is 0 Å². The van der Waals surface area contributed by atoms with E-state index in [1.54, 1.807) is 35.5 Å². The van der Waals surface area contributed by atoms with Gasteiger partial charge in [0.1, 0.15) is 17.9 Å². The number of hydrogen-bond acceptors (Lipinski definition) is 5. The minimum absolute atomic E-state index is 0.0199. The van der Waals surface area contributed by atoms with E-state index in [2.05, 4.69) is 53.4 Å². The van der Waals surface area contributed by atoms with Crippen LogP contribution in [-0.2, 0) is 13.1 Å². The number of fused-ring (bicyclic) bond motifs is 1. The molecule has 6 heteroatoms. The maximum absolute atomic E-state index is 13.5. The molecule has 0 aliphatic rings. The van der Waals surface area contributed by atoms with Crippen LogP contribution >= 0.6 is 0 Å². The number of nitrogens with zero attached hydrogens (tertiary/aromatic N) is 3. The number of aromatic nitrogens is 2. The predicted molar refractivity (Wildman–Crippen MR) is 152 cm³/mol. The van der Waals surface area contributed by atoms with Crippen molar-refractivity contribution in [3.05, 3.63) is 120 Å². The molecule has 0 aliphatic heterocycles. The van der Waals surface area contributed by atoms with Crippen molar-refractivity contribution >= 4 is 22.6 Å². The largest absolute Gasteiger partial charge is 0.507 e. The number of rotatable bonds is 8. The molecule has 0 fully saturated rings. The highest BCUT2D eigenvalue weighted by Crippen LogP contribution is 2.29. The molecule has 1 heterocycles. The van der Waals surface area contributed by atoms with Crippen molar-refractivity contribution in [1.82, 2.24) is 14.9 Å². The van der Waals surface area contributed by atoms with Gasteiger partial charge in [0.15, 0.2) is 0 Å². The maximum atomic E-state index is 13.5. The maximum Gasteiger partial charge on any atom is 0.258 e. The number of carbonyl (C=O) groups excluding carboxylic acids is 1. The van der Waals surface area contributed by atoms with E-state index in [0.29, 0.717) is 18.7 Å². The molecule has 2 N–H and O–H groups in total. The number of aromatic hydroxyl groups is 1. The second-order valence-electron chi connectivity index (χ2n) is 9.62. The Morgan fingerprint density at radius 3 is 2.32 bits per heavy atom. The minimum Gasteiger partial charge on any atom is -0.507 e. The number of anilines is 1. The summed E-state index contributed by atoms with van der Waals surface area (Å²) in [6, 6.07) is 31.2. The van der Waals surface area contributed by atoms with Crippen molar-refractivity contribution in [2.45, 2.75) is 33.0 Å². The van der Waals surface area contributed by atoms with Gasteiger partial charge in [-0.1, -0.05) is 66.7 Å². The normalized spacial score (nSPS) is 11.0. The highest BCUT2D eigenvalue weighted by atomic mass is 16.3. The van der Waals surface area contributed by atoms with Crippen LogP contribution in [0.2, 0.25) is 0 Å². The van der Waals surface area contributed by atoms with Gasteiger partial charge < -0.3 is 15.3 Å². The van der Waals surface area contributed by atoms with Gasteiger partial charge in [0.25, 0.3) is 5.91 Å². The molecule has 0 spiro atoms. The van der Waals surface area contributed by atoms with Crippen LogP contribution in [0.4, 0.5) is 5.82 Å². The van der Waals surface area contributed by atoms with Gasteiger partial charge in [-0.05, 0) is 66.4 Å². The van der Waals surface area contributed by atoms with E-state index >= 15 is 0 Å². The molecule has 5 rings (SSSR count). The molecule has 0 aliphatic carbocycles. The van der Waals surface area contributed by atoms with E-state index < -0.39 is 0 Å². The predicted octanol–water partition coefficient (Wildman–Crippen LogP) is 6.67. The SMILES string of the molecule is CC(C)Nc1ncnc2ccc(-c3cccc(CN(Cc4ccccc4)C(=O)c4ccccc4O)c3)cc12. The van der Waals surface area contributed by atoms with E-state index in [-0.39, 0.29) is 17.7 Å². The first-order chi connectivity index (χ1) is 18.5. The van der Waals surface area contributed by atoms with Crippen molar-refractivity contribution in [2.75, 3.05) is 5.32 Å². The number of nitrogens with one attached hydrogen (secondary N) is 1. The van der Waals surface area contributed by atoms with E-state index in [1.165, 1.54) is 0 Å². The molecule has 0 saturated heterocycles. The first-order valence-electron chi connectivity index (χ1n) is 12.7. The van der Waals surface area contributed by atoms with Gasteiger partial charge in [0, 0.05) is 24.5 Å². The first kappa shape index (κ1) is 25.0. The fraction of sp³-hybridized carbons (Fsp3) is 0.156. The minimum atomic E-state index is -0.218. The standard InChI is InChI=1S/C32H30N4O2/c1-22(2)35-31-28-18-26(15-16-29(28)33-21-34-31)25-12-8-11-24(17-25)20-36(19-23-9-4-3-5-10-23)32(38)27-13-6-7-14-30(27)37/h3-18,21-22,37H,19-20H2,1-2H3,(H,33,34,35). The van der Waals surface area contributed by atoms with Crippen LogP contribution in [0.15, 0.2) is 103 Å². The summed E-state index contributed by atoms with van der Waals surface area (Å²) in [6.07, 6.45) is 1.58. The molecule has 190 valence electrons. The quantitative estimate of drug-likeness (QED) is 0.248. The van der Waals surface area contributed by atoms with Crippen LogP contribution in [0.25, 0.3) is 22.0 Å². The summed E-state index contributed by atoms with van der Waals surface area (Å²) in [6.45, 7) is 4.99.